The van der Waals surface area contributed by atoms with Crippen LogP contribution in [0, 0.1) is 0 Å². The van der Waals surface area contributed by atoms with Crippen molar-refractivity contribution in [1.29, 1.82) is 0 Å². The number of aromatic hydroxyl groups is 1. The first-order valence-corrected chi connectivity index (χ1v) is 9.65. The minimum absolute atomic E-state index is 0.358. The normalized spacial score (nSPS) is 17.3. The zero-order valence-corrected chi connectivity index (χ0v) is 15.2. The summed E-state index contributed by atoms with van der Waals surface area (Å²) in [6.07, 6.45) is 11.0. The molecule has 0 saturated heterocycles. The molecule has 130 valence electrons. The van der Waals surface area contributed by atoms with Crippen molar-refractivity contribution in [2.24, 2.45) is 0 Å². The molecule has 1 aromatic carbocycles. The highest BCUT2D eigenvalue weighted by atomic mass is 16.5. The van der Waals surface area contributed by atoms with Gasteiger partial charge in [-0.1, -0.05) is 46.5 Å². The SMILES string of the molecule is CCCC(CC)OCc1cc(CC)c(O)c(C2CCCCC2)c1. The summed E-state index contributed by atoms with van der Waals surface area (Å²) < 4.78 is 6.12. The largest absolute Gasteiger partial charge is 0.507 e. The molecule has 1 saturated carbocycles. The fourth-order valence-corrected chi connectivity index (χ4v) is 3.81. The van der Waals surface area contributed by atoms with Gasteiger partial charge in [0.2, 0.25) is 0 Å². The summed E-state index contributed by atoms with van der Waals surface area (Å²) in [5, 5.41) is 10.6. The van der Waals surface area contributed by atoms with E-state index in [0.29, 0.717) is 24.4 Å². The molecule has 1 aliphatic carbocycles. The predicted molar refractivity (Wildman–Crippen MR) is 97.1 cm³/mol. The molecule has 1 N–H and O–H groups in total. The molecule has 0 spiro atoms. The first kappa shape index (κ1) is 18.3. The van der Waals surface area contributed by atoms with Crippen molar-refractivity contribution < 1.29 is 9.84 Å². The lowest BCUT2D eigenvalue weighted by molar-refractivity contribution is 0.0321. The minimum Gasteiger partial charge on any atom is -0.507 e. The molecule has 1 aromatic rings. The fraction of sp³-hybridized carbons (Fsp3) is 0.714. The standard InChI is InChI=1S/C21H34O2/c1-4-10-19(6-3)23-15-16-13-17(5-2)21(22)20(14-16)18-11-8-7-9-12-18/h13-14,18-19,22H,4-12,15H2,1-3H3. The van der Waals surface area contributed by atoms with E-state index in [-0.39, 0.29) is 0 Å². The Kier molecular flexibility index (Phi) is 7.42. The summed E-state index contributed by atoms with van der Waals surface area (Å²) in [7, 11) is 0. The molecular formula is C21H34O2. The van der Waals surface area contributed by atoms with Crippen LogP contribution in [0.15, 0.2) is 12.1 Å². The van der Waals surface area contributed by atoms with Gasteiger partial charge in [0.05, 0.1) is 12.7 Å². The summed E-state index contributed by atoms with van der Waals surface area (Å²) in [5.74, 6) is 1.08. The Morgan fingerprint density at radius 2 is 1.87 bits per heavy atom. The molecule has 0 bridgehead atoms. The van der Waals surface area contributed by atoms with E-state index >= 15 is 0 Å². The van der Waals surface area contributed by atoms with E-state index in [2.05, 4.69) is 32.9 Å². The van der Waals surface area contributed by atoms with E-state index in [1.54, 1.807) is 0 Å². The lowest BCUT2D eigenvalue weighted by Gasteiger charge is -2.25. The maximum atomic E-state index is 10.6. The van der Waals surface area contributed by atoms with Crippen molar-refractivity contribution in [3.05, 3.63) is 28.8 Å². The highest BCUT2D eigenvalue weighted by Gasteiger charge is 2.21. The van der Waals surface area contributed by atoms with Crippen molar-refractivity contribution in [2.75, 3.05) is 0 Å². The number of ether oxygens (including phenoxy) is 1. The van der Waals surface area contributed by atoms with Crippen LogP contribution in [0.3, 0.4) is 0 Å². The molecular weight excluding hydrogens is 284 g/mol. The number of phenols is 1. The molecule has 0 aromatic heterocycles. The second-order valence-corrected chi connectivity index (χ2v) is 7.01. The average molecular weight is 319 g/mol. The highest BCUT2D eigenvalue weighted by Crippen LogP contribution is 2.39. The lowest BCUT2D eigenvalue weighted by atomic mass is 9.82. The van der Waals surface area contributed by atoms with E-state index < -0.39 is 0 Å². The monoisotopic (exact) mass is 318 g/mol. The molecule has 0 radical (unpaired) electrons. The van der Waals surface area contributed by atoms with Crippen molar-refractivity contribution >= 4 is 0 Å². The molecule has 2 rings (SSSR count). The Morgan fingerprint density at radius 1 is 1.13 bits per heavy atom. The zero-order valence-electron chi connectivity index (χ0n) is 15.2. The van der Waals surface area contributed by atoms with Crippen LogP contribution < -0.4 is 0 Å². The second kappa shape index (κ2) is 9.32. The van der Waals surface area contributed by atoms with Gasteiger partial charge in [-0.3, -0.25) is 0 Å². The lowest BCUT2D eigenvalue weighted by Crippen LogP contribution is -2.12. The van der Waals surface area contributed by atoms with Crippen LogP contribution in [-0.4, -0.2) is 11.2 Å². The van der Waals surface area contributed by atoms with Gasteiger partial charge in [0.15, 0.2) is 0 Å². The van der Waals surface area contributed by atoms with E-state index in [4.69, 9.17) is 4.74 Å². The average Bonchev–Trinajstić information content (AvgIpc) is 2.60. The highest BCUT2D eigenvalue weighted by molar-refractivity contribution is 5.45. The quantitative estimate of drug-likeness (QED) is 0.627. The van der Waals surface area contributed by atoms with Gasteiger partial charge < -0.3 is 9.84 Å². The number of benzene rings is 1. The van der Waals surface area contributed by atoms with Gasteiger partial charge in [-0.2, -0.15) is 0 Å². The molecule has 1 unspecified atom stereocenters. The molecule has 2 nitrogen and oxygen atoms in total. The van der Waals surface area contributed by atoms with Gasteiger partial charge in [-0.15, -0.1) is 0 Å². The topological polar surface area (TPSA) is 29.5 Å². The summed E-state index contributed by atoms with van der Waals surface area (Å²) in [4.78, 5) is 0. The Hall–Kier alpha value is -1.02. The summed E-state index contributed by atoms with van der Waals surface area (Å²) >= 11 is 0. The maximum Gasteiger partial charge on any atom is 0.122 e. The van der Waals surface area contributed by atoms with E-state index in [1.165, 1.54) is 49.7 Å². The smallest absolute Gasteiger partial charge is 0.122 e. The van der Waals surface area contributed by atoms with E-state index in [0.717, 1.165) is 24.8 Å². The Morgan fingerprint density at radius 3 is 2.48 bits per heavy atom. The second-order valence-electron chi connectivity index (χ2n) is 7.01. The minimum atomic E-state index is 0.358. The summed E-state index contributed by atoms with van der Waals surface area (Å²) in [6, 6.07) is 4.35. The molecule has 1 aliphatic rings. The number of phenolic OH excluding ortho intramolecular Hbond substituents is 1. The van der Waals surface area contributed by atoms with Crippen molar-refractivity contribution in [3.8, 4) is 5.75 Å². The van der Waals surface area contributed by atoms with E-state index in [9.17, 15) is 5.11 Å². The van der Waals surface area contributed by atoms with E-state index in [1.807, 2.05) is 0 Å². The Bertz CT molecular complexity index is 475. The molecule has 0 heterocycles. The summed E-state index contributed by atoms with van der Waals surface area (Å²) in [6.45, 7) is 7.20. The number of hydrogen-bond acceptors (Lipinski definition) is 2. The van der Waals surface area contributed by atoms with Crippen molar-refractivity contribution in [3.63, 3.8) is 0 Å². The van der Waals surface area contributed by atoms with Crippen LogP contribution in [0.5, 0.6) is 5.75 Å². The van der Waals surface area contributed by atoms with Gasteiger partial charge in [0.1, 0.15) is 5.75 Å². The molecule has 23 heavy (non-hydrogen) atoms. The van der Waals surface area contributed by atoms with Gasteiger partial charge >= 0.3 is 0 Å². The Balaban J connectivity index is 2.15. The van der Waals surface area contributed by atoms with Gasteiger partial charge in [-0.05, 0) is 66.8 Å². The fourth-order valence-electron chi connectivity index (χ4n) is 3.81. The molecule has 2 heteroatoms. The van der Waals surface area contributed by atoms with Crippen LogP contribution in [0.2, 0.25) is 0 Å². The van der Waals surface area contributed by atoms with Crippen LogP contribution in [0.25, 0.3) is 0 Å². The molecule has 0 amide bonds. The molecule has 0 aliphatic heterocycles. The van der Waals surface area contributed by atoms with Crippen LogP contribution in [0.1, 0.15) is 94.7 Å². The molecule has 1 fully saturated rings. The third-order valence-electron chi connectivity index (χ3n) is 5.26. The zero-order chi connectivity index (χ0) is 16.7. The predicted octanol–water partition coefficient (Wildman–Crippen LogP) is 6.10. The first-order valence-electron chi connectivity index (χ1n) is 9.65. The van der Waals surface area contributed by atoms with Crippen LogP contribution >= 0.6 is 0 Å². The number of rotatable bonds is 8. The van der Waals surface area contributed by atoms with Crippen molar-refractivity contribution in [1.82, 2.24) is 0 Å². The first-order chi connectivity index (χ1) is 11.2. The number of hydrogen-bond donors (Lipinski definition) is 1. The Labute approximate surface area is 142 Å². The van der Waals surface area contributed by atoms with Crippen LogP contribution in [0.4, 0.5) is 0 Å². The molecule has 1 atom stereocenters. The van der Waals surface area contributed by atoms with Crippen LogP contribution in [-0.2, 0) is 17.8 Å². The summed E-state index contributed by atoms with van der Waals surface area (Å²) in [5.41, 5.74) is 3.48. The maximum absolute atomic E-state index is 10.6. The van der Waals surface area contributed by atoms with Gasteiger partial charge in [0, 0.05) is 0 Å². The number of aryl methyl sites for hydroxylation is 1. The van der Waals surface area contributed by atoms with Crippen molar-refractivity contribution in [2.45, 2.75) is 97.2 Å². The third kappa shape index (κ3) is 4.97. The van der Waals surface area contributed by atoms with Gasteiger partial charge in [0.25, 0.3) is 0 Å². The van der Waals surface area contributed by atoms with Gasteiger partial charge in [-0.25, -0.2) is 0 Å². The third-order valence-corrected chi connectivity index (χ3v) is 5.26.